The lowest BCUT2D eigenvalue weighted by atomic mass is 10.1. The number of para-hydroxylation sites is 1. The Kier molecular flexibility index (Phi) is 4.38. The first kappa shape index (κ1) is 17.5. The van der Waals surface area contributed by atoms with Crippen molar-refractivity contribution in [2.24, 2.45) is 10.1 Å². The largest absolute Gasteiger partial charge is 0.492 e. The molecule has 4 rings (SSSR count). The van der Waals surface area contributed by atoms with Gasteiger partial charge in [0.1, 0.15) is 4.88 Å². The van der Waals surface area contributed by atoms with Gasteiger partial charge in [-0.2, -0.15) is 10.1 Å². The third-order valence-corrected chi connectivity index (χ3v) is 4.87. The zero-order valence-electron chi connectivity index (χ0n) is 14.1. The molecule has 0 saturated carbocycles. The van der Waals surface area contributed by atoms with Crippen molar-refractivity contribution in [1.29, 1.82) is 0 Å². The van der Waals surface area contributed by atoms with Gasteiger partial charge in [-0.15, -0.1) is 0 Å². The first-order valence-corrected chi connectivity index (χ1v) is 8.80. The number of carbonyl (C=O) groups excluding carboxylic acids is 1. The van der Waals surface area contributed by atoms with E-state index in [0.717, 1.165) is 11.3 Å². The number of amides is 1. The maximum absolute atomic E-state index is 12.2. The predicted molar refractivity (Wildman–Crippen MR) is 103 cm³/mol. The number of hydrazone groups is 1. The zero-order valence-corrected chi connectivity index (χ0v) is 14.9. The van der Waals surface area contributed by atoms with Gasteiger partial charge in [-0.1, -0.05) is 41.7 Å². The average Bonchev–Trinajstić information content (AvgIpc) is 3.20. The van der Waals surface area contributed by atoms with Crippen LogP contribution in [0.15, 0.2) is 58.6 Å². The molecule has 0 saturated heterocycles. The molecule has 10 heteroatoms. The highest BCUT2D eigenvalue weighted by Gasteiger charge is 2.24. The van der Waals surface area contributed by atoms with E-state index in [4.69, 9.17) is 0 Å². The topological polar surface area (TPSA) is 130 Å². The quantitative estimate of drug-likeness (QED) is 0.384. The normalized spacial score (nSPS) is 12.9. The van der Waals surface area contributed by atoms with Crippen LogP contribution in [0.5, 0.6) is 5.88 Å². The van der Waals surface area contributed by atoms with Gasteiger partial charge in [0.05, 0.1) is 22.1 Å². The molecule has 2 heterocycles. The van der Waals surface area contributed by atoms with Crippen molar-refractivity contribution in [2.45, 2.75) is 0 Å². The van der Waals surface area contributed by atoms with E-state index >= 15 is 0 Å². The number of benzene rings is 2. The second kappa shape index (κ2) is 7.00. The summed E-state index contributed by atoms with van der Waals surface area (Å²) in [7, 11) is 0. The summed E-state index contributed by atoms with van der Waals surface area (Å²) in [6, 6.07) is 13.0. The van der Waals surface area contributed by atoms with E-state index in [9.17, 15) is 20.0 Å². The number of rotatable bonds is 5. The van der Waals surface area contributed by atoms with E-state index in [1.54, 1.807) is 36.4 Å². The standard InChI is InChI=1S/C18H11N5O4S/c24-16-14(12-6-1-2-7-13(12)20-16)15-17(25)21-18(28-15)22-19-9-10-4-3-5-11(8-10)23(26)27/h1-9,25H,(H,21,22). The van der Waals surface area contributed by atoms with Crippen molar-refractivity contribution in [2.75, 3.05) is 5.43 Å². The lowest BCUT2D eigenvalue weighted by molar-refractivity contribution is -0.384. The molecule has 1 aliphatic rings. The van der Waals surface area contributed by atoms with E-state index in [1.807, 2.05) is 0 Å². The summed E-state index contributed by atoms with van der Waals surface area (Å²) >= 11 is 1.06. The van der Waals surface area contributed by atoms with Crippen LogP contribution in [0, 0.1) is 10.1 Å². The van der Waals surface area contributed by atoms with Gasteiger partial charge in [0.25, 0.3) is 11.6 Å². The number of hydrogen-bond acceptors (Lipinski definition) is 8. The van der Waals surface area contributed by atoms with Crippen LogP contribution in [-0.2, 0) is 4.79 Å². The molecule has 9 nitrogen and oxygen atoms in total. The number of nitrogens with one attached hydrogen (secondary N) is 1. The smallest absolute Gasteiger partial charge is 0.279 e. The average molecular weight is 393 g/mol. The third-order valence-electron chi connectivity index (χ3n) is 3.90. The minimum absolute atomic E-state index is 0.0447. The predicted octanol–water partition coefficient (Wildman–Crippen LogP) is 1.56. The zero-order chi connectivity index (χ0) is 19.7. The van der Waals surface area contributed by atoms with E-state index in [2.05, 4.69) is 20.5 Å². The number of nitro groups is 1. The lowest BCUT2D eigenvalue weighted by Gasteiger charge is -1.95. The van der Waals surface area contributed by atoms with Crippen LogP contribution >= 0.6 is 11.3 Å². The summed E-state index contributed by atoms with van der Waals surface area (Å²) in [6.45, 7) is 0. The monoisotopic (exact) mass is 393 g/mol. The number of hydrogen-bond donors (Lipinski definition) is 2. The van der Waals surface area contributed by atoms with Crippen LogP contribution in [0.4, 0.5) is 10.8 Å². The molecule has 0 aliphatic carbocycles. The molecule has 0 spiro atoms. The van der Waals surface area contributed by atoms with Crippen LogP contribution in [0.1, 0.15) is 10.4 Å². The molecule has 3 aromatic rings. The molecule has 0 fully saturated rings. The summed E-state index contributed by atoms with van der Waals surface area (Å²) in [4.78, 5) is 30.8. The van der Waals surface area contributed by atoms with Gasteiger partial charge >= 0.3 is 0 Å². The van der Waals surface area contributed by atoms with Crippen LogP contribution in [0.2, 0.25) is 0 Å². The number of aromatic hydroxyl groups is 1. The Morgan fingerprint density at radius 1 is 1.21 bits per heavy atom. The molecular formula is C18H11N5O4S. The maximum Gasteiger partial charge on any atom is 0.279 e. The molecule has 1 aromatic heterocycles. The molecule has 2 aromatic carbocycles. The highest BCUT2D eigenvalue weighted by molar-refractivity contribution is 7.17. The summed E-state index contributed by atoms with van der Waals surface area (Å²) < 4.78 is 0. The lowest BCUT2D eigenvalue weighted by Crippen LogP contribution is -2.22. The molecule has 28 heavy (non-hydrogen) atoms. The second-order valence-corrected chi connectivity index (χ2v) is 6.70. The Balaban J connectivity index is 1.60. The molecule has 0 atom stereocenters. The van der Waals surface area contributed by atoms with E-state index in [-0.39, 0.29) is 16.7 Å². The Morgan fingerprint density at radius 2 is 2.04 bits per heavy atom. The van der Waals surface area contributed by atoms with Gasteiger partial charge in [0.15, 0.2) is 0 Å². The number of fused-ring (bicyclic) bond motifs is 1. The first-order chi connectivity index (χ1) is 13.5. The number of anilines is 1. The van der Waals surface area contributed by atoms with Gasteiger partial charge in [-0.25, -0.2) is 4.99 Å². The van der Waals surface area contributed by atoms with E-state index in [1.165, 1.54) is 18.3 Å². The van der Waals surface area contributed by atoms with Gasteiger partial charge < -0.3 is 5.11 Å². The van der Waals surface area contributed by atoms with Crippen LogP contribution in [0.3, 0.4) is 0 Å². The van der Waals surface area contributed by atoms with Gasteiger partial charge in [-0.3, -0.25) is 20.3 Å². The fourth-order valence-electron chi connectivity index (χ4n) is 2.69. The van der Waals surface area contributed by atoms with Crippen LogP contribution < -0.4 is 16.0 Å². The SMILES string of the molecule is O=C1N=c2ccccc2=C1c1sc(NN=Cc2cccc([N+](=O)[O-])c2)nc1O. The number of thiazole rings is 1. The van der Waals surface area contributed by atoms with Gasteiger partial charge in [0, 0.05) is 22.9 Å². The van der Waals surface area contributed by atoms with E-state index in [0.29, 0.717) is 26.6 Å². The summed E-state index contributed by atoms with van der Waals surface area (Å²) in [5, 5.41) is 26.4. The van der Waals surface area contributed by atoms with Crippen molar-refractivity contribution in [1.82, 2.24) is 4.98 Å². The second-order valence-electron chi connectivity index (χ2n) is 5.70. The minimum atomic E-state index is -0.491. The molecule has 138 valence electrons. The molecule has 0 bridgehead atoms. The Hall–Kier alpha value is -3.92. The molecule has 2 N–H and O–H groups in total. The molecule has 1 amide bonds. The molecule has 0 radical (unpaired) electrons. The fraction of sp³-hybridized carbons (Fsp3) is 0. The van der Waals surface area contributed by atoms with E-state index < -0.39 is 10.8 Å². The number of aromatic nitrogens is 1. The highest BCUT2D eigenvalue weighted by atomic mass is 32.1. The molecule has 1 aliphatic heterocycles. The molecule has 0 unspecified atom stereocenters. The van der Waals surface area contributed by atoms with Crippen molar-refractivity contribution >= 4 is 39.9 Å². The Bertz CT molecular complexity index is 1260. The van der Waals surface area contributed by atoms with Crippen molar-refractivity contribution in [3.8, 4) is 5.88 Å². The summed E-state index contributed by atoms with van der Waals surface area (Å²) in [5.74, 6) is -0.736. The van der Waals surface area contributed by atoms with Gasteiger partial charge in [-0.05, 0) is 6.07 Å². The van der Waals surface area contributed by atoms with Gasteiger partial charge in [0.2, 0.25) is 11.0 Å². The Labute approximate surface area is 161 Å². The fourth-order valence-corrected chi connectivity index (χ4v) is 3.55. The number of carbonyl (C=O) groups is 1. The molecular weight excluding hydrogens is 382 g/mol. The van der Waals surface area contributed by atoms with Crippen molar-refractivity contribution in [3.63, 3.8) is 0 Å². The first-order valence-electron chi connectivity index (χ1n) is 7.99. The van der Waals surface area contributed by atoms with Crippen molar-refractivity contribution in [3.05, 3.63) is 79.7 Å². The van der Waals surface area contributed by atoms with Crippen LogP contribution in [-0.4, -0.2) is 27.1 Å². The summed E-state index contributed by atoms with van der Waals surface area (Å²) in [5.41, 5.74) is 3.43. The minimum Gasteiger partial charge on any atom is -0.492 e. The summed E-state index contributed by atoms with van der Waals surface area (Å²) in [6.07, 6.45) is 1.39. The highest BCUT2D eigenvalue weighted by Crippen LogP contribution is 2.33. The number of nitrogens with zero attached hydrogens (tertiary/aromatic N) is 4. The van der Waals surface area contributed by atoms with Crippen LogP contribution in [0.25, 0.3) is 5.57 Å². The maximum atomic E-state index is 12.2. The number of nitro benzene ring substituents is 1. The Morgan fingerprint density at radius 3 is 2.86 bits per heavy atom. The van der Waals surface area contributed by atoms with Crippen molar-refractivity contribution < 1.29 is 14.8 Å². The number of non-ortho nitro benzene ring substituents is 1. The third kappa shape index (κ3) is 3.23.